The SMILES string of the molecule is CC(=O)Nc1nc(OCc2cccc(F)c2)c(F)cc1N. The van der Waals surface area contributed by atoms with Gasteiger partial charge < -0.3 is 15.8 Å². The molecule has 0 aliphatic carbocycles. The van der Waals surface area contributed by atoms with Crippen LogP contribution < -0.4 is 15.8 Å². The zero-order valence-corrected chi connectivity index (χ0v) is 11.2. The Morgan fingerprint density at radius 1 is 1.38 bits per heavy atom. The fraction of sp³-hybridized carbons (Fsp3) is 0.143. The van der Waals surface area contributed by atoms with Gasteiger partial charge in [0.1, 0.15) is 12.4 Å². The number of hydrogen-bond donors (Lipinski definition) is 2. The van der Waals surface area contributed by atoms with Crippen molar-refractivity contribution in [1.82, 2.24) is 4.98 Å². The highest BCUT2D eigenvalue weighted by Gasteiger charge is 2.12. The predicted octanol–water partition coefficient (Wildman–Crippen LogP) is 2.48. The fourth-order valence-electron chi connectivity index (χ4n) is 1.63. The lowest BCUT2D eigenvalue weighted by molar-refractivity contribution is -0.114. The average Bonchev–Trinajstić information content (AvgIpc) is 2.40. The molecule has 21 heavy (non-hydrogen) atoms. The summed E-state index contributed by atoms with van der Waals surface area (Å²) in [6.45, 7) is 1.21. The maximum absolute atomic E-state index is 13.7. The van der Waals surface area contributed by atoms with Crippen molar-refractivity contribution in [2.75, 3.05) is 11.1 Å². The lowest BCUT2D eigenvalue weighted by atomic mass is 10.2. The number of pyridine rings is 1. The van der Waals surface area contributed by atoms with Gasteiger partial charge in [0.05, 0.1) is 5.69 Å². The molecule has 0 fully saturated rings. The van der Waals surface area contributed by atoms with Crippen LogP contribution >= 0.6 is 0 Å². The Kier molecular flexibility index (Phi) is 4.32. The summed E-state index contributed by atoms with van der Waals surface area (Å²) >= 11 is 0. The molecule has 0 saturated carbocycles. The van der Waals surface area contributed by atoms with Gasteiger partial charge in [-0.1, -0.05) is 12.1 Å². The van der Waals surface area contributed by atoms with Gasteiger partial charge in [-0.15, -0.1) is 0 Å². The van der Waals surface area contributed by atoms with Crippen molar-refractivity contribution < 1.29 is 18.3 Å². The number of halogens is 2. The number of ether oxygens (including phenoxy) is 1. The van der Waals surface area contributed by atoms with E-state index < -0.39 is 17.5 Å². The van der Waals surface area contributed by atoms with Crippen molar-refractivity contribution in [3.8, 4) is 5.88 Å². The molecule has 0 radical (unpaired) electrons. The van der Waals surface area contributed by atoms with E-state index in [9.17, 15) is 13.6 Å². The quantitative estimate of drug-likeness (QED) is 0.908. The first-order valence-corrected chi connectivity index (χ1v) is 6.06. The van der Waals surface area contributed by atoms with Crippen LogP contribution in [0.3, 0.4) is 0 Å². The van der Waals surface area contributed by atoms with Gasteiger partial charge in [-0.2, -0.15) is 4.98 Å². The van der Waals surface area contributed by atoms with Crippen molar-refractivity contribution in [1.29, 1.82) is 0 Å². The molecule has 2 rings (SSSR count). The standard InChI is InChI=1S/C14H13F2N3O2/c1-8(20)18-13-12(17)6-11(16)14(19-13)21-7-9-3-2-4-10(15)5-9/h2-6H,7,17H2,1H3,(H,18,19,20). The molecular formula is C14H13F2N3O2. The lowest BCUT2D eigenvalue weighted by Crippen LogP contribution is -2.11. The first-order chi connectivity index (χ1) is 9.95. The highest BCUT2D eigenvalue weighted by atomic mass is 19.1. The zero-order valence-electron chi connectivity index (χ0n) is 11.2. The summed E-state index contributed by atoms with van der Waals surface area (Å²) in [5.41, 5.74) is 6.05. The minimum atomic E-state index is -0.766. The molecule has 0 saturated heterocycles. The van der Waals surface area contributed by atoms with Crippen LogP contribution in [0.4, 0.5) is 20.3 Å². The molecule has 1 heterocycles. The lowest BCUT2D eigenvalue weighted by Gasteiger charge is -2.10. The summed E-state index contributed by atoms with van der Waals surface area (Å²) in [5, 5.41) is 2.37. The molecule has 0 aliphatic rings. The Balaban J connectivity index is 2.17. The van der Waals surface area contributed by atoms with Gasteiger partial charge in [0, 0.05) is 13.0 Å². The van der Waals surface area contributed by atoms with Crippen LogP contribution in [-0.2, 0) is 11.4 Å². The summed E-state index contributed by atoms with van der Waals surface area (Å²) < 4.78 is 31.9. The molecular weight excluding hydrogens is 280 g/mol. The van der Waals surface area contributed by atoms with Gasteiger partial charge >= 0.3 is 0 Å². The van der Waals surface area contributed by atoms with Crippen LogP contribution in [0.2, 0.25) is 0 Å². The number of nitrogens with two attached hydrogens (primary N) is 1. The van der Waals surface area contributed by atoms with Gasteiger partial charge in [-0.05, 0) is 17.7 Å². The van der Waals surface area contributed by atoms with Crippen LogP contribution in [0.15, 0.2) is 30.3 Å². The third-order valence-electron chi connectivity index (χ3n) is 2.53. The van der Waals surface area contributed by atoms with E-state index in [0.29, 0.717) is 5.56 Å². The van der Waals surface area contributed by atoms with E-state index >= 15 is 0 Å². The highest BCUT2D eigenvalue weighted by Crippen LogP contribution is 2.24. The minimum absolute atomic E-state index is 0.0122. The Bertz CT molecular complexity index is 677. The van der Waals surface area contributed by atoms with Crippen molar-refractivity contribution in [2.24, 2.45) is 0 Å². The number of hydrogen-bond acceptors (Lipinski definition) is 4. The fourth-order valence-corrected chi connectivity index (χ4v) is 1.63. The molecule has 0 aliphatic heterocycles. The largest absolute Gasteiger partial charge is 0.471 e. The first kappa shape index (κ1) is 14.7. The van der Waals surface area contributed by atoms with Crippen LogP contribution in [0, 0.1) is 11.6 Å². The molecule has 1 aromatic heterocycles. The topological polar surface area (TPSA) is 77.2 Å². The van der Waals surface area contributed by atoms with Crippen LogP contribution in [0.5, 0.6) is 5.88 Å². The number of amides is 1. The van der Waals surface area contributed by atoms with Crippen molar-refractivity contribution in [2.45, 2.75) is 13.5 Å². The summed E-state index contributed by atoms with van der Waals surface area (Å²) in [6.07, 6.45) is 0. The van der Waals surface area contributed by atoms with E-state index in [0.717, 1.165) is 6.07 Å². The van der Waals surface area contributed by atoms with Gasteiger partial charge in [0.15, 0.2) is 11.6 Å². The molecule has 0 unspecified atom stereocenters. The van der Waals surface area contributed by atoms with E-state index in [1.165, 1.54) is 25.1 Å². The second-order valence-corrected chi connectivity index (χ2v) is 4.31. The van der Waals surface area contributed by atoms with E-state index in [-0.39, 0.29) is 24.0 Å². The molecule has 1 amide bonds. The Morgan fingerprint density at radius 3 is 2.81 bits per heavy atom. The smallest absolute Gasteiger partial charge is 0.252 e. The van der Waals surface area contributed by atoms with Crippen molar-refractivity contribution >= 4 is 17.4 Å². The molecule has 0 spiro atoms. The summed E-state index contributed by atoms with van der Waals surface area (Å²) in [7, 11) is 0. The zero-order chi connectivity index (χ0) is 15.4. The second-order valence-electron chi connectivity index (χ2n) is 4.31. The monoisotopic (exact) mass is 293 g/mol. The number of nitrogens with zero attached hydrogens (tertiary/aromatic N) is 1. The van der Waals surface area contributed by atoms with Gasteiger partial charge in [-0.25, -0.2) is 8.78 Å². The number of carbonyl (C=O) groups excluding carboxylic acids is 1. The van der Waals surface area contributed by atoms with E-state index in [2.05, 4.69) is 10.3 Å². The number of nitrogen functional groups attached to an aromatic ring is 1. The predicted molar refractivity (Wildman–Crippen MR) is 73.6 cm³/mol. The van der Waals surface area contributed by atoms with Gasteiger partial charge in [-0.3, -0.25) is 4.79 Å². The molecule has 7 heteroatoms. The van der Waals surface area contributed by atoms with Crippen molar-refractivity contribution in [3.63, 3.8) is 0 Å². The Hall–Kier alpha value is -2.70. The second kappa shape index (κ2) is 6.17. The summed E-state index contributed by atoms with van der Waals surface area (Å²) in [4.78, 5) is 14.8. The number of aromatic nitrogens is 1. The third kappa shape index (κ3) is 3.88. The maximum Gasteiger partial charge on any atom is 0.252 e. The summed E-state index contributed by atoms with van der Waals surface area (Å²) in [6, 6.07) is 6.71. The Labute approximate surface area is 119 Å². The van der Waals surface area contributed by atoms with E-state index in [1.54, 1.807) is 6.07 Å². The molecule has 5 nitrogen and oxygen atoms in total. The third-order valence-corrected chi connectivity index (χ3v) is 2.53. The van der Waals surface area contributed by atoms with E-state index in [4.69, 9.17) is 10.5 Å². The molecule has 3 N–H and O–H groups in total. The normalized spacial score (nSPS) is 10.2. The maximum atomic E-state index is 13.7. The van der Waals surface area contributed by atoms with Gasteiger partial charge in [0.2, 0.25) is 5.91 Å². The number of benzene rings is 1. The molecule has 0 atom stereocenters. The number of carbonyl (C=O) groups is 1. The number of anilines is 2. The minimum Gasteiger partial charge on any atom is -0.471 e. The summed E-state index contributed by atoms with van der Waals surface area (Å²) in [5.74, 6) is -1.88. The highest BCUT2D eigenvalue weighted by molar-refractivity contribution is 5.90. The molecule has 1 aromatic carbocycles. The molecule has 0 bridgehead atoms. The first-order valence-electron chi connectivity index (χ1n) is 6.06. The van der Waals surface area contributed by atoms with Crippen LogP contribution in [0.1, 0.15) is 12.5 Å². The van der Waals surface area contributed by atoms with Gasteiger partial charge in [0.25, 0.3) is 5.88 Å². The van der Waals surface area contributed by atoms with E-state index in [1.807, 2.05) is 0 Å². The molecule has 2 aromatic rings. The Morgan fingerprint density at radius 2 is 2.14 bits per heavy atom. The average molecular weight is 293 g/mol. The number of rotatable bonds is 4. The number of nitrogens with one attached hydrogen (secondary N) is 1. The van der Waals surface area contributed by atoms with Crippen LogP contribution in [-0.4, -0.2) is 10.9 Å². The van der Waals surface area contributed by atoms with Crippen molar-refractivity contribution in [3.05, 3.63) is 47.5 Å². The molecule has 110 valence electrons. The van der Waals surface area contributed by atoms with Crippen LogP contribution in [0.25, 0.3) is 0 Å².